The van der Waals surface area contributed by atoms with Gasteiger partial charge in [-0.3, -0.25) is 9.36 Å². The first-order valence-corrected chi connectivity index (χ1v) is 12.9. The topological polar surface area (TPSA) is 73.1 Å². The SMILES string of the molecule is CN(Cc1nc2ccccc2s1)C(=O)CSc1nnc(-c2ccc(F)cc2)n1C[C@@H]1CCCO1. The zero-order valence-corrected chi connectivity index (χ0v) is 20.3. The van der Waals surface area contributed by atoms with E-state index in [0.717, 1.165) is 40.2 Å². The van der Waals surface area contributed by atoms with E-state index >= 15 is 0 Å². The van der Waals surface area contributed by atoms with E-state index in [4.69, 9.17) is 4.74 Å². The largest absolute Gasteiger partial charge is 0.376 e. The second kappa shape index (κ2) is 10.2. The van der Waals surface area contributed by atoms with Gasteiger partial charge in [-0.15, -0.1) is 21.5 Å². The number of rotatable bonds is 8. The Kier molecular flexibility index (Phi) is 6.89. The van der Waals surface area contributed by atoms with Gasteiger partial charge in [-0.25, -0.2) is 9.37 Å². The summed E-state index contributed by atoms with van der Waals surface area (Å²) in [7, 11) is 1.79. The van der Waals surface area contributed by atoms with E-state index in [1.807, 2.05) is 28.8 Å². The molecule has 10 heteroatoms. The fourth-order valence-corrected chi connectivity index (χ4v) is 5.79. The molecule has 0 N–H and O–H groups in total. The summed E-state index contributed by atoms with van der Waals surface area (Å²) in [6.45, 7) is 1.80. The molecule has 2 aromatic heterocycles. The first-order valence-electron chi connectivity index (χ1n) is 11.1. The Hall–Kier alpha value is -2.82. The number of hydrogen-bond donors (Lipinski definition) is 0. The van der Waals surface area contributed by atoms with E-state index in [1.165, 1.54) is 23.9 Å². The first kappa shape index (κ1) is 22.9. The molecule has 1 atom stereocenters. The molecule has 1 aliphatic heterocycles. The summed E-state index contributed by atoms with van der Waals surface area (Å²) in [5.74, 6) is 0.562. The van der Waals surface area contributed by atoms with Crippen molar-refractivity contribution in [3.63, 3.8) is 0 Å². The van der Waals surface area contributed by atoms with Crippen LogP contribution in [0.1, 0.15) is 17.8 Å². The van der Waals surface area contributed by atoms with Gasteiger partial charge in [0.15, 0.2) is 11.0 Å². The van der Waals surface area contributed by atoms with E-state index in [1.54, 1.807) is 35.4 Å². The maximum Gasteiger partial charge on any atom is 0.233 e. The van der Waals surface area contributed by atoms with Crippen molar-refractivity contribution in [2.45, 2.75) is 37.2 Å². The predicted molar refractivity (Wildman–Crippen MR) is 131 cm³/mol. The Morgan fingerprint density at radius 3 is 2.82 bits per heavy atom. The molecule has 0 radical (unpaired) electrons. The van der Waals surface area contributed by atoms with E-state index in [0.29, 0.717) is 24.1 Å². The molecule has 0 unspecified atom stereocenters. The Bertz CT molecular complexity index is 1250. The molecule has 7 nitrogen and oxygen atoms in total. The van der Waals surface area contributed by atoms with Gasteiger partial charge in [0, 0.05) is 19.2 Å². The third-order valence-corrected chi connectivity index (χ3v) is 7.66. The molecule has 1 aliphatic rings. The number of carbonyl (C=O) groups excluding carboxylic acids is 1. The average Bonchev–Trinajstić information content (AvgIpc) is 3.58. The molecule has 2 aromatic carbocycles. The van der Waals surface area contributed by atoms with E-state index in [9.17, 15) is 9.18 Å². The van der Waals surface area contributed by atoms with Crippen LogP contribution in [0.3, 0.4) is 0 Å². The first-order chi connectivity index (χ1) is 16.6. The minimum absolute atomic E-state index is 0.0146. The molecular weight excluding hydrogens is 473 g/mol. The van der Waals surface area contributed by atoms with Crippen molar-refractivity contribution in [2.24, 2.45) is 0 Å². The molecule has 5 rings (SSSR count). The number of nitrogens with zero attached hydrogens (tertiary/aromatic N) is 5. The minimum atomic E-state index is -0.301. The van der Waals surface area contributed by atoms with Crippen molar-refractivity contribution in [1.29, 1.82) is 0 Å². The molecule has 1 fully saturated rings. The van der Waals surface area contributed by atoms with Gasteiger partial charge in [0.05, 0.1) is 35.2 Å². The molecule has 176 valence electrons. The molecule has 0 bridgehead atoms. The molecule has 1 saturated heterocycles. The zero-order valence-electron chi connectivity index (χ0n) is 18.7. The van der Waals surface area contributed by atoms with E-state index in [-0.39, 0.29) is 23.6 Å². The number of fused-ring (bicyclic) bond motifs is 1. The normalized spacial score (nSPS) is 15.8. The summed E-state index contributed by atoms with van der Waals surface area (Å²) in [4.78, 5) is 19.2. The molecule has 0 aliphatic carbocycles. The van der Waals surface area contributed by atoms with Crippen molar-refractivity contribution in [3.8, 4) is 11.4 Å². The van der Waals surface area contributed by atoms with Gasteiger partial charge < -0.3 is 9.64 Å². The lowest BCUT2D eigenvalue weighted by Crippen LogP contribution is -2.28. The van der Waals surface area contributed by atoms with E-state index < -0.39 is 0 Å². The number of hydrogen-bond acceptors (Lipinski definition) is 7. The fraction of sp³-hybridized carbons (Fsp3) is 0.333. The minimum Gasteiger partial charge on any atom is -0.376 e. The number of para-hydroxylation sites is 1. The van der Waals surface area contributed by atoms with Gasteiger partial charge in [0.25, 0.3) is 0 Å². The molecule has 4 aromatic rings. The van der Waals surface area contributed by atoms with Crippen LogP contribution in [0.4, 0.5) is 4.39 Å². The Balaban J connectivity index is 1.28. The number of ether oxygens (including phenoxy) is 1. The monoisotopic (exact) mass is 497 g/mol. The van der Waals surface area contributed by atoms with Gasteiger partial charge in [-0.2, -0.15) is 0 Å². The van der Waals surface area contributed by atoms with Crippen molar-refractivity contribution in [3.05, 3.63) is 59.4 Å². The van der Waals surface area contributed by atoms with Crippen molar-refractivity contribution < 1.29 is 13.9 Å². The third kappa shape index (κ3) is 5.13. The average molecular weight is 498 g/mol. The van der Waals surface area contributed by atoms with Crippen LogP contribution in [-0.2, 0) is 22.6 Å². The van der Waals surface area contributed by atoms with Crippen LogP contribution in [0.5, 0.6) is 0 Å². The van der Waals surface area contributed by atoms with Crippen LogP contribution >= 0.6 is 23.1 Å². The lowest BCUT2D eigenvalue weighted by Gasteiger charge is -2.17. The summed E-state index contributed by atoms with van der Waals surface area (Å²) in [6, 6.07) is 14.2. The molecule has 3 heterocycles. The van der Waals surface area contributed by atoms with Crippen LogP contribution in [0.15, 0.2) is 53.7 Å². The molecule has 0 saturated carbocycles. The third-order valence-electron chi connectivity index (χ3n) is 5.69. The number of thiazole rings is 1. The standard InChI is InChI=1S/C24H24FN5O2S2/c1-29(14-21-26-19-6-2-3-7-20(19)34-21)22(31)15-33-24-28-27-23(16-8-10-17(25)11-9-16)30(24)13-18-5-4-12-32-18/h2-3,6-11,18H,4-5,12-15H2,1H3/t18-/m0/s1. The maximum atomic E-state index is 13.4. The van der Waals surface area contributed by atoms with Gasteiger partial charge in [0.2, 0.25) is 5.91 Å². The molecule has 1 amide bonds. The van der Waals surface area contributed by atoms with E-state index in [2.05, 4.69) is 15.2 Å². The second-order valence-corrected chi connectivity index (χ2v) is 10.2. The lowest BCUT2D eigenvalue weighted by atomic mass is 10.2. The number of thioether (sulfide) groups is 1. The number of amides is 1. The predicted octanol–water partition coefficient (Wildman–Crippen LogP) is 4.62. The van der Waals surface area contributed by atoms with Crippen LogP contribution in [0, 0.1) is 5.82 Å². The number of aromatic nitrogens is 4. The summed E-state index contributed by atoms with van der Waals surface area (Å²) in [5, 5.41) is 10.3. The lowest BCUT2D eigenvalue weighted by molar-refractivity contribution is -0.127. The van der Waals surface area contributed by atoms with Gasteiger partial charge >= 0.3 is 0 Å². The Labute approximate surface area is 205 Å². The fourth-order valence-electron chi connectivity index (χ4n) is 3.88. The molecular formula is C24H24FN5O2S2. The summed E-state index contributed by atoms with van der Waals surface area (Å²) >= 11 is 2.95. The smallest absolute Gasteiger partial charge is 0.233 e. The van der Waals surface area contributed by atoms with Crippen LogP contribution in [-0.4, -0.2) is 56.1 Å². The highest BCUT2D eigenvalue weighted by atomic mass is 32.2. The summed E-state index contributed by atoms with van der Waals surface area (Å²) in [6.07, 6.45) is 2.07. The Morgan fingerprint density at radius 1 is 1.24 bits per heavy atom. The van der Waals surface area contributed by atoms with Crippen molar-refractivity contribution >= 4 is 39.2 Å². The zero-order chi connectivity index (χ0) is 23.5. The van der Waals surface area contributed by atoms with Crippen molar-refractivity contribution in [1.82, 2.24) is 24.6 Å². The Morgan fingerprint density at radius 2 is 2.06 bits per heavy atom. The van der Waals surface area contributed by atoms with Crippen LogP contribution in [0.2, 0.25) is 0 Å². The second-order valence-electron chi connectivity index (χ2n) is 8.17. The highest BCUT2D eigenvalue weighted by Gasteiger charge is 2.23. The van der Waals surface area contributed by atoms with Crippen molar-refractivity contribution in [2.75, 3.05) is 19.4 Å². The number of carbonyl (C=O) groups is 1. The molecule has 0 spiro atoms. The highest BCUT2D eigenvalue weighted by molar-refractivity contribution is 7.99. The van der Waals surface area contributed by atoms with Gasteiger partial charge in [0.1, 0.15) is 10.8 Å². The summed E-state index contributed by atoms with van der Waals surface area (Å²) in [5.41, 5.74) is 1.73. The van der Waals surface area contributed by atoms with Gasteiger partial charge in [-0.05, 0) is 49.2 Å². The van der Waals surface area contributed by atoms with Gasteiger partial charge in [-0.1, -0.05) is 23.9 Å². The van der Waals surface area contributed by atoms with Crippen LogP contribution < -0.4 is 0 Å². The van der Waals surface area contributed by atoms with Crippen LogP contribution in [0.25, 0.3) is 21.6 Å². The maximum absolute atomic E-state index is 13.4. The summed E-state index contributed by atoms with van der Waals surface area (Å²) < 4.78 is 22.3. The molecule has 34 heavy (non-hydrogen) atoms. The number of halogens is 1. The quantitative estimate of drug-likeness (QED) is 0.331. The number of benzene rings is 2. The highest BCUT2D eigenvalue weighted by Crippen LogP contribution is 2.27.